The summed E-state index contributed by atoms with van der Waals surface area (Å²) < 4.78 is 5.47. The third-order valence-corrected chi connectivity index (χ3v) is 5.71. The highest BCUT2D eigenvalue weighted by Gasteiger charge is 2.22. The lowest BCUT2D eigenvalue weighted by atomic mass is 10.0. The fourth-order valence-corrected chi connectivity index (χ4v) is 4.19. The number of carbonyl (C=O) groups is 1. The van der Waals surface area contributed by atoms with Crippen LogP contribution in [0.1, 0.15) is 27.5 Å². The van der Waals surface area contributed by atoms with Crippen LogP contribution in [0, 0.1) is 0 Å². The van der Waals surface area contributed by atoms with Crippen molar-refractivity contribution in [1.29, 1.82) is 0 Å². The van der Waals surface area contributed by atoms with Gasteiger partial charge in [-0.15, -0.1) is 0 Å². The highest BCUT2D eigenvalue weighted by molar-refractivity contribution is 6.04. The SMILES string of the molecule is O=C(N[C@H](CN1CCOCC1)c1ccccc1)c1cc2c3c(nccc3c1)NC2. The quantitative estimate of drug-likeness (QED) is 0.704. The Bertz CT molecular complexity index is 1030. The third-order valence-electron chi connectivity index (χ3n) is 5.71. The van der Waals surface area contributed by atoms with Crippen LogP contribution in [0.2, 0.25) is 0 Å². The van der Waals surface area contributed by atoms with Crippen LogP contribution < -0.4 is 10.6 Å². The summed E-state index contributed by atoms with van der Waals surface area (Å²) in [7, 11) is 0. The summed E-state index contributed by atoms with van der Waals surface area (Å²) in [4.78, 5) is 19.9. The van der Waals surface area contributed by atoms with E-state index in [1.54, 1.807) is 6.20 Å². The zero-order valence-electron chi connectivity index (χ0n) is 16.2. The van der Waals surface area contributed by atoms with Gasteiger partial charge in [0.15, 0.2) is 0 Å². The van der Waals surface area contributed by atoms with Gasteiger partial charge in [-0.25, -0.2) is 4.98 Å². The van der Waals surface area contributed by atoms with Crippen LogP contribution in [-0.4, -0.2) is 48.6 Å². The zero-order chi connectivity index (χ0) is 19.6. The number of ether oxygens (including phenoxy) is 1. The molecule has 2 aromatic carbocycles. The zero-order valence-corrected chi connectivity index (χ0v) is 16.2. The lowest BCUT2D eigenvalue weighted by Gasteiger charge is -2.31. The van der Waals surface area contributed by atoms with E-state index in [0.717, 1.165) is 60.6 Å². The van der Waals surface area contributed by atoms with Gasteiger partial charge >= 0.3 is 0 Å². The molecule has 0 spiro atoms. The molecule has 2 N–H and O–H groups in total. The second kappa shape index (κ2) is 7.81. The molecule has 2 aliphatic heterocycles. The van der Waals surface area contributed by atoms with Crippen LogP contribution >= 0.6 is 0 Å². The van der Waals surface area contributed by atoms with Gasteiger partial charge in [0.25, 0.3) is 5.91 Å². The Morgan fingerprint density at radius 1 is 1.17 bits per heavy atom. The van der Waals surface area contributed by atoms with Crippen molar-refractivity contribution in [3.63, 3.8) is 0 Å². The molecule has 1 amide bonds. The molecule has 6 heteroatoms. The first-order valence-corrected chi connectivity index (χ1v) is 10.1. The molecular weight excluding hydrogens is 364 g/mol. The molecule has 0 saturated carbocycles. The molecule has 0 bridgehead atoms. The summed E-state index contributed by atoms with van der Waals surface area (Å²) in [5.74, 6) is 0.856. The number of carbonyl (C=O) groups excluding carboxylic acids is 1. The number of hydrogen-bond donors (Lipinski definition) is 2. The van der Waals surface area contributed by atoms with E-state index >= 15 is 0 Å². The monoisotopic (exact) mass is 388 g/mol. The summed E-state index contributed by atoms with van der Waals surface area (Å²) in [6.45, 7) is 4.75. The number of nitrogens with zero attached hydrogens (tertiary/aromatic N) is 2. The Morgan fingerprint density at radius 3 is 2.83 bits per heavy atom. The van der Waals surface area contributed by atoms with E-state index < -0.39 is 0 Å². The van der Waals surface area contributed by atoms with Crippen LogP contribution in [0.4, 0.5) is 5.82 Å². The molecule has 3 aromatic rings. The summed E-state index contributed by atoms with van der Waals surface area (Å²) in [5.41, 5.74) is 2.93. The third kappa shape index (κ3) is 3.69. The Hall–Kier alpha value is -2.96. The Morgan fingerprint density at radius 2 is 2.00 bits per heavy atom. The Labute approximate surface area is 169 Å². The molecule has 5 rings (SSSR count). The van der Waals surface area contributed by atoms with Crippen molar-refractivity contribution in [2.24, 2.45) is 0 Å². The number of morpholine rings is 1. The lowest BCUT2D eigenvalue weighted by molar-refractivity contribution is 0.0332. The highest BCUT2D eigenvalue weighted by Crippen LogP contribution is 2.32. The van der Waals surface area contributed by atoms with Crippen molar-refractivity contribution in [1.82, 2.24) is 15.2 Å². The van der Waals surface area contributed by atoms with E-state index in [-0.39, 0.29) is 11.9 Å². The summed E-state index contributed by atoms with van der Waals surface area (Å²) in [6, 6.07) is 16.0. The summed E-state index contributed by atoms with van der Waals surface area (Å²) in [5, 5.41) is 8.74. The molecular formula is C23H24N4O2. The second-order valence-corrected chi connectivity index (χ2v) is 7.60. The minimum Gasteiger partial charge on any atom is -0.379 e. The number of hydrogen-bond acceptors (Lipinski definition) is 5. The number of aromatic nitrogens is 1. The number of pyridine rings is 1. The first-order chi connectivity index (χ1) is 14.3. The standard InChI is InChI=1S/C23H24N4O2/c28-23(18-12-17-6-7-24-22-21(17)19(13-18)14-25-22)26-20(16-4-2-1-3-5-16)15-27-8-10-29-11-9-27/h1-7,12-13,20H,8-11,14-15H2,(H,24,25)(H,26,28)/t20-/m1/s1. The predicted molar refractivity (Wildman–Crippen MR) is 113 cm³/mol. The van der Waals surface area contributed by atoms with Gasteiger partial charge < -0.3 is 15.4 Å². The minimum atomic E-state index is -0.0720. The van der Waals surface area contributed by atoms with Gasteiger partial charge in [0.05, 0.1) is 19.3 Å². The maximum Gasteiger partial charge on any atom is 0.251 e. The predicted octanol–water partition coefficient (Wildman–Crippen LogP) is 2.96. The molecule has 0 unspecified atom stereocenters. The van der Waals surface area contributed by atoms with Crippen LogP contribution in [0.3, 0.4) is 0 Å². The fourth-order valence-electron chi connectivity index (χ4n) is 4.19. The molecule has 1 fully saturated rings. The van der Waals surface area contributed by atoms with Gasteiger partial charge in [-0.1, -0.05) is 30.3 Å². The summed E-state index contributed by atoms with van der Waals surface area (Å²) >= 11 is 0. The normalized spacial score (nSPS) is 17.1. The molecule has 29 heavy (non-hydrogen) atoms. The van der Waals surface area contributed by atoms with E-state index in [2.05, 4.69) is 32.7 Å². The Balaban J connectivity index is 1.41. The first-order valence-electron chi connectivity index (χ1n) is 10.1. The van der Waals surface area contributed by atoms with Gasteiger partial charge in [-0.2, -0.15) is 0 Å². The van der Waals surface area contributed by atoms with E-state index in [1.807, 2.05) is 36.4 Å². The largest absolute Gasteiger partial charge is 0.379 e. The van der Waals surface area contributed by atoms with Gasteiger partial charge in [-0.05, 0) is 34.7 Å². The van der Waals surface area contributed by atoms with Crippen molar-refractivity contribution in [3.05, 3.63) is 71.4 Å². The molecule has 3 heterocycles. The number of benzene rings is 2. The summed E-state index contributed by atoms with van der Waals surface area (Å²) in [6.07, 6.45) is 1.78. The second-order valence-electron chi connectivity index (χ2n) is 7.60. The van der Waals surface area contributed by atoms with Crippen molar-refractivity contribution in [3.8, 4) is 0 Å². The van der Waals surface area contributed by atoms with Gasteiger partial charge in [0.1, 0.15) is 5.82 Å². The molecule has 6 nitrogen and oxygen atoms in total. The number of amides is 1. The highest BCUT2D eigenvalue weighted by atomic mass is 16.5. The maximum absolute atomic E-state index is 13.2. The van der Waals surface area contributed by atoms with Crippen LogP contribution in [0.25, 0.3) is 10.8 Å². The molecule has 2 aliphatic rings. The van der Waals surface area contributed by atoms with Gasteiger partial charge in [-0.3, -0.25) is 9.69 Å². The van der Waals surface area contributed by atoms with Crippen LogP contribution in [0.5, 0.6) is 0 Å². The van der Waals surface area contributed by atoms with Crippen LogP contribution in [0.15, 0.2) is 54.7 Å². The fraction of sp³-hybridized carbons (Fsp3) is 0.304. The molecule has 1 aromatic heterocycles. The van der Waals surface area contributed by atoms with Crippen LogP contribution in [-0.2, 0) is 11.3 Å². The van der Waals surface area contributed by atoms with Crippen molar-refractivity contribution < 1.29 is 9.53 Å². The van der Waals surface area contributed by atoms with Crippen molar-refractivity contribution >= 4 is 22.5 Å². The molecule has 1 atom stereocenters. The molecule has 0 radical (unpaired) electrons. The number of anilines is 1. The van der Waals surface area contributed by atoms with Gasteiger partial charge in [0, 0.05) is 43.3 Å². The topological polar surface area (TPSA) is 66.5 Å². The van der Waals surface area contributed by atoms with Crippen molar-refractivity contribution in [2.45, 2.75) is 12.6 Å². The maximum atomic E-state index is 13.2. The first kappa shape index (κ1) is 18.1. The molecule has 148 valence electrons. The van der Waals surface area contributed by atoms with E-state index in [0.29, 0.717) is 12.1 Å². The van der Waals surface area contributed by atoms with E-state index in [4.69, 9.17) is 4.74 Å². The minimum absolute atomic E-state index is 0.0458. The number of nitrogens with one attached hydrogen (secondary N) is 2. The Kier molecular flexibility index (Phi) is 4.87. The van der Waals surface area contributed by atoms with Gasteiger partial charge in [0.2, 0.25) is 0 Å². The van der Waals surface area contributed by atoms with E-state index in [9.17, 15) is 4.79 Å². The number of rotatable bonds is 5. The smallest absolute Gasteiger partial charge is 0.251 e. The lowest BCUT2D eigenvalue weighted by Crippen LogP contribution is -2.43. The average molecular weight is 388 g/mol. The van der Waals surface area contributed by atoms with E-state index in [1.165, 1.54) is 0 Å². The molecule has 1 saturated heterocycles. The average Bonchev–Trinajstić information content (AvgIpc) is 3.19. The molecule has 0 aliphatic carbocycles. The van der Waals surface area contributed by atoms with Crippen molar-refractivity contribution in [2.75, 3.05) is 38.2 Å².